The van der Waals surface area contributed by atoms with Crippen LogP contribution in [0.15, 0.2) is 0 Å². The van der Waals surface area contributed by atoms with Gasteiger partial charge in [-0.15, -0.1) is 0 Å². The Morgan fingerprint density at radius 1 is 0.706 bits per heavy atom. The number of aliphatic carboxylic acids is 2. The highest BCUT2D eigenvalue weighted by molar-refractivity contribution is 5.80. The van der Waals surface area contributed by atoms with Crippen molar-refractivity contribution in [2.24, 2.45) is 17.4 Å². The van der Waals surface area contributed by atoms with E-state index in [1.807, 2.05) is 0 Å². The molecule has 8 nitrogen and oxygen atoms in total. The van der Waals surface area contributed by atoms with Gasteiger partial charge in [0.05, 0.1) is 0 Å². The fourth-order valence-electron chi connectivity index (χ4n) is 3.50. The van der Waals surface area contributed by atoms with Crippen LogP contribution >= 0.6 is 0 Å². The molecular weight excluding hydrogens is 434 g/mol. The lowest BCUT2D eigenvalue weighted by Gasteiger charge is -2.05. The van der Waals surface area contributed by atoms with Crippen LogP contribution in [0.5, 0.6) is 0 Å². The third-order valence-electron chi connectivity index (χ3n) is 5.66. The minimum Gasteiger partial charge on any atom is -0.480 e. The van der Waals surface area contributed by atoms with Crippen LogP contribution < -0.4 is 16.8 Å². The van der Waals surface area contributed by atoms with Gasteiger partial charge < -0.3 is 27.0 Å². The Hall–Kier alpha value is -1.67. The molecule has 0 fully saturated rings. The minimum absolute atomic E-state index is 0.147. The maximum atomic E-state index is 11.3. The molecule has 0 spiro atoms. The maximum Gasteiger partial charge on any atom is 0.322 e. The van der Waals surface area contributed by atoms with Crippen molar-refractivity contribution in [1.82, 2.24) is 5.32 Å². The highest BCUT2D eigenvalue weighted by Gasteiger charge is 2.09. The zero-order chi connectivity index (χ0) is 26.0. The van der Waals surface area contributed by atoms with Crippen LogP contribution in [-0.4, -0.2) is 47.2 Å². The number of unbranched alkanes of at least 4 members (excludes halogenated alkanes) is 12. The molecule has 0 unspecified atom stereocenters. The first-order valence-electron chi connectivity index (χ1n) is 13.4. The summed E-state index contributed by atoms with van der Waals surface area (Å²) in [4.78, 5) is 31.7. The van der Waals surface area contributed by atoms with E-state index in [2.05, 4.69) is 19.2 Å². The summed E-state index contributed by atoms with van der Waals surface area (Å²) >= 11 is 0. The van der Waals surface area contributed by atoms with Crippen molar-refractivity contribution >= 4 is 17.8 Å². The Morgan fingerprint density at radius 3 is 1.56 bits per heavy atom. The van der Waals surface area contributed by atoms with Gasteiger partial charge in [0.2, 0.25) is 5.91 Å². The van der Waals surface area contributed by atoms with E-state index in [0.717, 1.165) is 31.6 Å². The van der Waals surface area contributed by atoms with E-state index in [-0.39, 0.29) is 12.5 Å². The van der Waals surface area contributed by atoms with Crippen molar-refractivity contribution in [2.45, 2.75) is 129 Å². The molecule has 0 radical (unpaired) electrons. The molecular formula is C26H53N3O5. The molecule has 0 heterocycles. The predicted molar refractivity (Wildman–Crippen MR) is 139 cm³/mol. The number of nitrogens with two attached hydrogens (primary N) is 2. The van der Waals surface area contributed by atoms with Crippen LogP contribution in [0, 0.1) is 5.92 Å². The lowest BCUT2D eigenvalue weighted by atomic mass is 10.0. The van der Waals surface area contributed by atoms with Crippen LogP contribution in [0.1, 0.15) is 123 Å². The van der Waals surface area contributed by atoms with E-state index in [1.165, 1.54) is 70.6 Å². The van der Waals surface area contributed by atoms with Crippen molar-refractivity contribution in [3.8, 4) is 0 Å². The second-order valence-electron chi connectivity index (χ2n) is 9.57. The van der Waals surface area contributed by atoms with Gasteiger partial charge in [0.1, 0.15) is 12.6 Å². The fraction of sp³-hybridized carbons (Fsp3) is 0.885. The number of carboxylic acids is 2. The Labute approximate surface area is 207 Å². The molecule has 1 amide bonds. The highest BCUT2D eigenvalue weighted by atomic mass is 16.4. The molecule has 0 aromatic rings. The molecule has 7 N–H and O–H groups in total. The van der Waals surface area contributed by atoms with Crippen LogP contribution in [0.2, 0.25) is 0 Å². The molecule has 1 atom stereocenters. The SMILES string of the molecule is CC(C)CCCCCCCCCCCCCCC(=O)NCC(=O)O.NCCCC[C@H](N)C(=O)O. The first-order valence-corrected chi connectivity index (χ1v) is 13.4. The normalized spacial score (nSPS) is 11.6. The van der Waals surface area contributed by atoms with E-state index in [0.29, 0.717) is 19.4 Å². The van der Waals surface area contributed by atoms with Crippen molar-refractivity contribution < 1.29 is 24.6 Å². The average molecular weight is 488 g/mol. The van der Waals surface area contributed by atoms with Gasteiger partial charge in [-0.25, -0.2) is 0 Å². The van der Waals surface area contributed by atoms with Gasteiger partial charge in [0, 0.05) is 6.42 Å². The lowest BCUT2D eigenvalue weighted by Crippen LogP contribution is -2.29. The summed E-state index contributed by atoms with van der Waals surface area (Å²) in [5.74, 6) is -1.22. The van der Waals surface area contributed by atoms with Crippen LogP contribution in [0.25, 0.3) is 0 Å². The molecule has 0 bridgehead atoms. The summed E-state index contributed by atoms with van der Waals surface area (Å²) in [5, 5.41) is 19.2. The maximum absolute atomic E-state index is 11.3. The van der Waals surface area contributed by atoms with E-state index in [1.54, 1.807) is 0 Å². The number of amides is 1. The third-order valence-corrected chi connectivity index (χ3v) is 5.66. The summed E-state index contributed by atoms with van der Waals surface area (Å²) in [6.45, 7) is 4.94. The minimum atomic E-state index is -0.987. The van der Waals surface area contributed by atoms with Gasteiger partial charge in [-0.3, -0.25) is 14.4 Å². The monoisotopic (exact) mass is 487 g/mol. The standard InChI is InChI=1S/C20H39NO3.C6H14N2O2/c1-18(2)15-13-11-9-7-5-3-4-6-8-10-12-14-16-19(22)21-17-20(23)24;7-4-2-1-3-5(8)6(9)10/h18H,3-17H2,1-2H3,(H,21,22)(H,23,24);5H,1-4,7-8H2,(H,9,10)/t;5-/m.0/s1. The highest BCUT2D eigenvalue weighted by Crippen LogP contribution is 2.14. The fourth-order valence-corrected chi connectivity index (χ4v) is 3.50. The van der Waals surface area contributed by atoms with Crippen LogP contribution in [0.3, 0.4) is 0 Å². The number of nitrogens with one attached hydrogen (secondary N) is 1. The topological polar surface area (TPSA) is 156 Å². The summed E-state index contributed by atoms with van der Waals surface area (Å²) in [5.41, 5.74) is 10.4. The van der Waals surface area contributed by atoms with Crippen molar-refractivity contribution in [3.05, 3.63) is 0 Å². The molecule has 0 rings (SSSR count). The molecule has 0 saturated carbocycles. The Balaban J connectivity index is 0. The van der Waals surface area contributed by atoms with Gasteiger partial charge in [0.15, 0.2) is 0 Å². The van der Waals surface area contributed by atoms with Gasteiger partial charge in [0.25, 0.3) is 0 Å². The summed E-state index contributed by atoms with van der Waals surface area (Å²) in [6, 6.07) is -0.716. The number of rotatable bonds is 22. The first-order chi connectivity index (χ1) is 16.2. The average Bonchev–Trinajstić information content (AvgIpc) is 2.78. The molecule has 0 aromatic heterocycles. The zero-order valence-corrected chi connectivity index (χ0v) is 21.9. The Bertz CT molecular complexity index is 501. The molecule has 0 aliphatic heterocycles. The Morgan fingerprint density at radius 2 is 1.15 bits per heavy atom. The smallest absolute Gasteiger partial charge is 0.322 e. The Kier molecular flexibility index (Phi) is 26.3. The van der Waals surface area contributed by atoms with Crippen LogP contribution in [0.4, 0.5) is 0 Å². The summed E-state index contributed by atoms with van der Waals surface area (Å²) in [7, 11) is 0. The van der Waals surface area contributed by atoms with Gasteiger partial charge >= 0.3 is 11.9 Å². The number of carboxylic acid groups (broad SMARTS) is 2. The zero-order valence-electron chi connectivity index (χ0n) is 21.9. The van der Waals surface area contributed by atoms with Crippen molar-refractivity contribution in [2.75, 3.05) is 13.1 Å². The predicted octanol–water partition coefficient (Wildman–Crippen LogP) is 4.83. The molecule has 202 valence electrons. The molecule has 34 heavy (non-hydrogen) atoms. The van der Waals surface area contributed by atoms with Crippen molar-refractivity contribution in [1.29, 1.82) is 0 Å². The number of carbonyl (C=O) groups excluding carboxylic acids is 1. The number of carbonyl (C=O) groups is 3. The molecule has 0 saturated heterocycles. The quantitative estimate of drug-likeness (QED) is 0.137. The second-order valence-corrected chi connectivity index (χ2v) is 9.57. The second kappa shape index (κ2) is 25.9. The van der Waals surface area contributed by atoms with E-state index in [9.17, 15) is 14.4 Å². The molecule has 0 aliphatic rings. The van der Waals surface area contributed by atoms with Gasteiger partial charge in [-0.05, 0) is 31.7 Å². The van der Waals surface area contributed by atoms with E-state index >= 15 is 0 Å². The molecule has 0 aliphatic carbocycles. The largest absolute Gasteiger partial charge is 0.480 e. The molecule has 8 heteroatoms. The van der Waals surface area contributed by atoms with Gasteiger partial charge in [-0.2, -0.15) is 0 Å². The lowest BCUT2D eigenvalue weighted by molar-refractivity contribution is -0.139. The van der Waals surface area contributed by atoms with E-state index < -0.39 is 18.0 Å². The van der Waals surface area contributed by atoms with E-state index in [4.69, 9.17) is 21.7 Å². The van der Waals surface area contributed by atoms with Crippen molar-refractivity contribution in [3.63, 3.8) is 0 Å². The summed E-state index contributed by atoms with van der Waals surface area (Å²) in [6.07, 6.45) is 19.3. The van der Waals surface area contributed by atoms with Gasteiger partial charge in [-0.1, -0.05) is 97.3 Å². The number of hydrogen-bond acceptors (Lipinski definition) is 5. The first kappa shape index (κ1) is 34.5. The number of hydrogen-bond donors (Lipinski definition) is 5. The van der Waals surface area contributed by atoms with Crippen LogP contribution in [-0.2, 0) is 14.4 Å². The third kappa shape index (κ3) is 30.3. The molecule has 0 aromatic carbocycles. The summed E-state index contributed by atoms with van der Waals surface area (Å²) < 4.78 is 0.